The van der Waals surface area contributed by atoms with Crippen LogP contribution in [0.4, 0.5) is 11.6 Å². The first kappa shape index (κ1) is 19.6. The molecule has 29 heavy (non-hydrogen) atoms. The summed E-state index contributed by atoms with van der Waals surface area (Å²) in [7, 11) is 0. The molecule has 1 aliphatic rings. The maximum Gasteiger partial charge on any atom is 0.280 e. The number of imidazole rings is 1. The van der Waals surface area contributed by atoms with Gasteiger partial charge < -0.3 is 20.3 Å². The topological polar surface area (TPSA) is 125 Å². The first-order valence-corrected chi connectivity index (χ1v) is 9.86. The minimum Gasteiger partial charge on any atom is -0.394 e. The molecule has 0 spiro atoms. The van der Waals surface area contributed by atoms with E-state index in [1.165, 1.54) is 11.9 Å². The van der Waals surface area contributed by atoms with Crippen molar-refractivity contribution >= 4 is 22.8 Å². The van der Waals surface area contributed by atoms with E-state index in [2.05, 4.69) is 39.3 Å². The molecule has 1 aromatic carbocycles. The molecule has 0 aliphatic carbocycles. The van der Waals surface area contributed by atoms with Gasteiger partial charge in [-0.15, -0.1) is 0 Å². The molecule has 9 heteroatoms. The lowest BCUT2D eigenvalue weighted by Crippen LogP contribution is -2.24. The van der Waals surface area contributed by atoms with Crippen molar-refractivity contribution in [2.45, 2.75) is 51.0 Å². The van der Waals surface area contributed by atoms with E-state index < -0.39 is 18.4 Å². The number of hydrogen-bond donors (Lipinski definition) is 4. The van der Waals surface area contributed by atoms with Crippen molar-refractivity contribution in [3.05, 3.63) is 46.5 Å². The Labute approximate surface area is 167 Å². The number of fused-ring (bicyclic) bond motifs is 1. The molecule has 1 aliphatic heterocycles. The molecule has 0 radical (unpaired) electrons. The van der Waals surface area contributed by atoms with E-state index in [9.17, 15) is 15.0 Å². The second-order valence-corrected chi connectivity index (χ2v) is 7.28. The molecule has 3 aromatic rings. The summed E-state index contributed by atoms with van der Waals surface area (Å²) in [6.07, 6.45) is 3.10. The first-order chi connectivity index (χ1) is 14.1. The number of aliphatic hydroxyl groups is 2. The maximum absolute atomic E-state index is 12.4. The zero-order valence-corrected chi connectivity index (χ0v) is 16.2. The molecule has 0 bridgehead atoms. The summed E-state index contributed by atoms with van der Waals surface area (Å²) in [5, 5.41) is 22.4. The standard InChI is InChI=1S/C20H25N5O4/c1-2-3-4-12-5-7-13(8-6-12)22-20-23-18-17(19(28)24-20)21-11-25(18)16-9-14(27)15(10-26)29-16/h5-8,11,14-16,26-27H,2-4,9-10H2,1H3,(H2,22,23,24,28)/t14-,15+,16+/m1/s1. The number of H-pyrrole nitrogens is 1. The third kappa shape index (κ3) is 4.02. The van der Waals surface area contributed by atoms with Crippen molar-refractivity contribution in [3.63, 3.8) is 0 Å². The van der Waals surface area contributed by atoms with Crippen LogP contribution in [0.2, 0.25) is 0 Å². The maximum atomic E-state index is 12.4. The van der Waals surface area contributed by atoms with E-state index in [1.54, 1.807) is 4.57 Å². The molecule has 4 rings (SSSR count). The van der Waals surface area contributed by atoms with Crippen molar-refractivity contribution in [1.82, 2.24) is 19.5 Å². The number of aromatic amines is 1. The predicted octanol–water partition coefficient (Wildman–Crippen LogP) is 1.85. The van der Waals surface area contributed by atoms with Crippen LogP contribution in [-0.2, 0) is 11.2 Å². The number of rotatable bonds is 7. The van der Waals surface area contributed by atoms with Gasteiger partial charge in [0, 0.05) is 12.1 Å². The van der Waals surface area contributed by atoms with Crippen LogP contribution in [0.15, 0.2) is 35.4 Å². The van der Waals surface area contributed by atoms with E-state index in [0.29, 0.717) is 11.6 Å². The van der Waals surface area contributed by atoms with Crippen LogP contribution < -0.4 is 10.9 Å². The van der Waals surface area contributed by atoms with Gasteiger partial charge in [-0.3, -0.25) is 14.3 Å². The molecular formula is C20H25N5O4. The largest absolute Gasteiger partial charge is 0.394 e. The lowest BCUT2D eigenvalue weighted by molar-refractivity contribution is -0.0432. The Kier molecular flexibility index (Phi) is 5.61. The molecule has 4 N–H and O–H groups in total. The van der Waals surface area contributed by atoms with Crippen LogP contribution in [0.25, 0.3) is 11.2 Å². The highest BCUT2D eigenvalue weighted by Crippen LogP contribution is 2.30. The van der Waals surface area contributed by atoms with E-state index in [4.69, 9.17) is 4.74 Å². The third-order valence-electron chi connectivity index (χ3n) is 5.16. The fourth-order valence-corrected chi connectivity index (χ4v) is 3.52. The van der Waals surface area contributed by atoms with Crippen molar-refractivity contribution in [3.8, 4) is 0 Å². The summed E-state index contributed by atoms with van der Waals surface area (Å²) in [6, 6.07) is 8.02. The quantitative estimate of drug-likeness (QED) is 0.478. The number of nitrogens with zero attached hydrogens (tertiary/aromatic N) is 3. The van der Waals surface area contributed by atoms with Crippen LogP contribution in [0.1, 0.15) is 38.0 Å². The number of aliphatic hydroxyl groups excluding tert-OH is 2. The lowest BCUT2D eigenvalue weighted by atomic mass is 10.1. The highest BCUT2D eigenvalue weighted by atomic mass is 16.5. The monoisotopic (exact) mass is 399 g/mol. The second-order valence-electron chi connectivity index (χ2n) is 7.28. The van der Waals surface area contributed by atoms with Gasteiger partial charge in [-0.25, -0.2) is 4.98 Å². The van der Waals surface area contributed by atoms with Gasteiger partial charge in [0.15, 0.2) is 11.2 Å². The third-order valence-corrected chi connectivity index (χ3v) is 5.16. The van der Waals surface area contributed by atoms with Gasteiger partial charge in [0.1, 0.15) is 12.3 Å². The Balaban J connectivity index is 1.59. The zero-order chi connectivity index (χ0) is 20.4. The Morgan fingerprint density at radius 1 is 1.34 bits per heavy atom. The summed E-state index contributed by atoms with van der Waals surface area (Å²) in [4.78, 5) is 23.8. The first-order valence-electron chi connectivity index (χ1n) is 9.86. The predicted molar refractivity (Wildman–Crippen MR) is 108 cm³/mol. The van der Waals surface area contributed by atoms with E-state index >= 15 is 0 Å². The Hall–Kier alpha value is -2.75. The minimum absolute atomic E-state index is 0.191. The fourth-order valence-electron chi connectivity index (χ4n) is 3.52. The van der Waals surface area contributed by atoms with Crippen LogP contribution in [0.3, 0.4) is 0 Å². The van der Waals surface area contributed by atoms with Crippen LogP contribution >= 0.6 is 0 Å². The molecule has 0 unspecified atom stereocenters. The second kappa shape index (κ2) is 8.32. The van der Waals surface area contributed by atoms with E-state index in [-0.39, 0.29) is 24.1 Å². The van der Waals surface area contributed by atoms with Gasteiger partial charge >= 0.3 is 0 Å². The molecule has 2 aromatic heterocycles. The number of ether oxygens (including phenoxy) is 1. The SMILES string of the molecule is CCCCc1ccc(Nc2nc3c(ncn3[C@@H]3C[C@@H](O)[C@H](CO)O3)c(=O)[nH]2)cc1. The molecule has 0 saturated carbocycles. The number of unbranched alkanes of at least 4 members (excludes halogenated alkanes) is 1. The smallest absolute Gasteiger partial charge is 0.280 e. The average Bonchev–Trinajstić information content (AvgIpc) is 3.30. The van der Waals surface area contributed by atoms with Gasteiger partial charge in [0.25, 0.3) is 5.56 Å². The van der Waals surface area contributed by atoms with E-state index in [0.717, 1.165) is 24.9 Å². The highest BCUT2D eigenvalue weighted by Gasteiger charge is 2.35. The lowest BCUT2D eigenvalue weighted by Gasteiger charge is -2.14. The summed E-state index contributed by atoms with van der Waals surface area (Å²) >= 11 is 0. The molecule has 1 saturated heterocycles. The average molecular weight is 399 g/mol. The Bertz CT molecular complexity index is 1030. The number of benzene rings is 1. The molecule has 3 atom stereocenters. The van der Waals surface area contributed by atoms with Gasteiger partial charge in [-0.05, 0) is 30.5 Å². The number of hydrogen-bond acceptors (Lipinski definition) is 7. The fraction of sp³-hybridized carbons (Fsp3) is 0.450. The van der Waals surface area contributed by atoms with Crippen LogP contribution in [0.5, 0.6) is 0 Å². The Morgan fingerprint density at radius 3 is 2.83 bits per heavy atom. The molecule has 1 fully saturated rings. The summed E-state index contributed by atoms with van der Waals surface area (Å²) in [5.41, 5.74) is 2.25. The number of nitrogens with one attached hydrogen (secondary N) is 2. The normalized spacial score (nSPS) is 21.7. The molecule has 3 heterocycles. The van der Waals surface area contributed by atoms with Crippen LogP contribution in [-0.4, -0.2) is 48.5 Å². The van der Waals surface area contributed by atoms with Crippen molar-refractivity contribution < 1.29 is 14.9 Å². The Morgan fingerprint density at radius 2 is 2.14 bits per heavy atom. The molecular weight excluding hydrogens is 374 g/mol. The van der Waals surface area contributed by atoms with E-state index in [1.807, 2.05) is 12.1 Å². The van der Waals surface area contributed by atoms with Gasteiger partial charge in [0.2, 0.25) is 5.95 Å². The number of aryl methyl sites for hydroxylation is 1. The molecule has 0 amide bonds. The summed E-state index contributed by atoms with van der Waals surface area (Å²) in [5.74, 6) is 0.294. The minimum atomic E-state index is -0.784. The van der Waals surface area contributed by atoms with Gasteiger partial charge in [-0.2, -0.15) is 4.98 Å². The van der Waals surface area contributed by atoms with Crippen molar-refractivity contribution in [2.24, 2.45) is 0 Å². The molecule has 9 nitrogen and oxygen atoms in total. The summed E-state index contributed by atoms with van der Waals surface area (Å²) in [6.45, 7) is 1.89. The van der Waals surface area contributed by atoms with Gasteiger partial charge in [-0.1, -0.05) is 25.5 Å². The molecule has 154 valence electrons. The number of anilines is 2. The zero-order valence-electron chi connectivity index (χ0n) is 16.2. The van der Waals surface area contributed by atoms with Crippen LogP contribution in [0, 0.1) is 0 Å². The van der Waals surface area contributed by atoms with Crippen molar-refractivity contribution in [1.29, 1.82) is 0 Å². The number of aromatic nitrogens is 4. The van der Waals surface area contributed by atoms with Crippen molar-refractivity contribution in [2.75, 3.05) is 11.9 Å². The highest BCUT2D eigenvalue weighted by molar-refractivity contribution is 5.71. The summed E-state index contributed by atoms with van der Waals surface area (Å²) < 4.78 is 7.28. The van der Waals surface area contributed by atoms with Gasteiger partial charge in [0.05, 0.1) is 19.0 Å².